The van der Waals surface area contributed by atoms with E-state index in [9.17, 15) is 0 Å². The fourth-order valence-corrected chi connectivity index (χ4v) is 5.31. The summed E-state index contributed by atoms with van der Waals surface area (Å²) >= 11 is 1.90. The number of thiophene rings is 1. The number of rotatable bonds is 3. The van der Waals surface area contributed by atoms with E-state index in [0.29, 0.717) is 6.04 Å². The average Bonchev–Trinajstić information content (AvgIpc) is 2.95. The van der Waals surface area contributed by atoms with Gasteiger partial charge in [0.15, 0.2) is 0 Å². The van der Waals surface area contributed by atoms with Crippen LogP contribution in [0.15, 0.2) is 29.6 Å². The van der Waals surface area contributed by atoms with Gasteiger partial charge in [0.25, 0.3) is 0 Å². The maximum Gasteiger partial charge on any atom is 0.0390 e. The van der Waals surface area contributed by atoms with Crippen molar-refractivity contribution in [2.75, 3.05) is 7.05 Å². The van der Waals surface area contributed by atoms with E-state index in [1.54, 1.807) is 0 Å². The molecule has 1 heterocycles. The maximum absolute atomic E-state index is 3.63. The van der Waals surface area contributed by atoms with Gasteiger partial charge in [0.2, 0.25) is 0 Å². The summed E-state index contributed by atoms with van der Waals surface area (Å²) in [5.74, 6) is 2.89. The lowest BCUT2D eigenvalue weighted by molar-refractivity contribution is 0.480. The minimum atomic E-state index is 0.565. The van der Waals surface area contributed by atoms with E-state index in [2.05, 4.69) is 42.0 Å². The van der Waals surface area contributed by atoms with Gasteiger partial charge in [-0.05, 0) is 60.0 Å². The second-order valence-electron chi connectivity index (χ2n) is 6.14. The summed E-state index contributed by atoms with van der Waals surface area (Å²) in [5, 5.41) is 7.26. The molecule has 1 nitrogen and oxygen atoms in total. The Morgan fingerprint density at radius 2 is 1.95 bits per heavy atom. The van der Waals surface area contributed by atoms with E-state index >= 15 is 0 Å². The Hall–Kier alpha value is -0.860. The molecule has 0 amide bonds. The SMILES string of the molecule is CNC(c1cccc2ccsc12)C1C2CCCCC21. The van der Waals surface area contributed by atoms with Gasteiger partial charge in [0, 0.05) is 10.7 Å². The zero-order valence-electron chi connectivity index (χ0n) is 11.4. The van der Waals surface area contributed by atoms with Crippen LogP contribution in [0.1, 0.15) is 37.3 Å². The molecule has 0 aliphatic heterocycles. The fraction of sp³-hybridized carbons (Fsp3) is 0.529. The van der Waals surface area contributed by atoms with Crippen LogP contribution in [0, 0.1) is 17.8 Å². The Kier molecular flexibility index (Phi) is 2.89. The molecule has 19 heavy (non-hydrogen) atoms. The molecule has 3 unspecified atom stereocenters. The van der Waals surface area contributed by atoms with Crippen molar-refractivity contribution in [1.82, 2.24) is 5.32 Å². The van der Waals surface area contributed by atoms with E-state index in [1.165, 1.54) is 41.3 Å². The van der Waals surface area contributed by atoms with Gasteiger partial charge >= 0.3 is 0 Å². The van der Waals surface area contributed by atoms with E-state index in [4.69, 9.17) is 0 Å². The normalized spacial score (nSPS) is 31.1. The van der Waals surface area contributed by atoms with Gasteiger partial charge in [-0.2, -0.15) is 0 Å². The van der Waals surface area contributed by atoms with Crippen molar-refractivity contribution >= 4 is 21.4 Å². The largest absolute Gasteiger partial charge is 0.313 e. The van der Waals surface area contributed by atoms with Gasteiger partial charge in [-0.15, -0.1) is 11.3 Å². The Labute approximate surface area is 119 Å². The minimum Gasteiger partial charge on any atom is -0.313 e. The van der Waals surface area contributed by atoms with E-state index in [-0.39, 0.29) is 0 Å². The predicted molar refractivity (Wildman–Crippen MR) is 82.6 cm³/mol. The number of benzene rings is 1. The number of hydrogen-bond acceptors (Lipinski definition) is 2. The highest BCUT2D eigenvalue weighted by molar-refractivity contribution is 7.17. The second-order valence-corrected chi connectivity index (χ2v) is 7.06. The van der Waals surface area contributed by atoms with Gasteiger partial charge in [-0.25, -0.2) is 0 Å². The Morgan fingerprint density at radius 3 is 2.68 bits per heavy atom. The summed E-state index contributed by atoms with van der Waals surface area (Å²) in [6.07, 6.45) is 5.84. The predicted octanol–water partition coefficient (Wildman–Crippen LogP) is 4.60. The van der Waals surface area contributed by atoms with Crippen LogP contribution in [-0.4, -0.2) is 7.05 Å². The zero-order valence-corrected chi connectivity index (χ0v) is 12.2. The molecule has 4 rings (SSSR count). The van der Waals surface area contributed by atoms with Crippen molar-refractivity contribution in [3.05, 3.63) is 35.2 Å². The summed E-state index contributed by atoms with van der Waals surface area (Å²) in [6.45, 7) is 0. The average molecular weight is 271 g/mol. The third kappa shape index (κ3) is 1.85. The molecule has 0 spiro atoms. The Bertz CT molecular complexity index is 576. The number of nitrogens with one attached hydrogen (secondary N) is 1. The van der Waals surface area contributed by atoms with Crippen LogP contribution < -0.4 is 5.32 Å². The lowest BCUT2D eigenvalue weighted by Gasteiger charge is -2.18. The topological polar surface area (TPSA) is 12.0 Å². The van der Waals surface area contributed by atoms with Crippen molar-refractivity contribution in [2.24, 2.45) is 17.8 Å². The van der Waals surface area contributed by atoms with Crippen LogP contribution in [0.5, 0.6) is 0 Å². The van der Waals surface area contributed by atoms with Crippen molar-refractivity contribution in [2.45, 2.75) is 31.7 Å². The van der Waals surface area contributed by atoms with Gasteiger partial charge in [-0.1, -0.05) is 31.0 Å². The lowest BCUT2D eigenvalue weighted by atomic mass is 9.99. The first-order valence-electron chi connectivity index (χ1n) is 7.53. The van der Waals surface area contributed by atoms with E-state index < -0.39 is 0 Å². The van der Waals surface area contributed by atoms with E-state index in [1.807, 2.05) is 11.3 Å². The molecule has 100 valence electrons. The molecule has 0 saturated heterocycles. The van der Waals surface area contributed by atoms with Gasteiger partial charge in [0.1, 0.15) is 0 Å². The highest BCUT2D eigenvalue weighted by atomic mass is 32.1. The highest BCUT2D eigenvalue weighted by Crippen LogP contribution is 2.60. The highest BCUT2D eigenvalue weighted by Gasteiger charge is 2.54. The van der Waals surface area contributed by atoms with Crippen LogP contribution in [0.25, 0.3) is 10.1 Å². The smallest absolute Gasteiger partial charge is 0.0390 e. The molecule has 0 radical (unpaired) electrons. The Balaban J connectivity index is 1.71. The number of hydrogen-bond donors (Lipinski definition) is 1. The molecule has 2 aliphatic carbocycles. The lowest BCUT2D eigenvalue weighted by Crippen LogP contribution is -2.19. The van der Waals surface area contributed by atoms with Crippen molar-refractivity contribution in [1.29, 1.82) is 0 Å². The minimum absolute atomic E-state index is 0.565. The molecule has 2 aromatic rings. The zero-order chi connectivity index (χ0) is 12.8. The molecule has 2 heteroatoms. The summed E-state index contributed by atoms with van der Waals surface area (Å²) in [7, 11) is 2.14. The molecule has 2 saturated carbocycles. The molecule has 3 atom stereocenters. The van der Waals surface area contributed by atoms with Crippen LogP contribution >= 0.6 is 11.3 Å². The molecule has 2 fully saturated rings. The fourth-order valence-electron chi connectivity index (χ4n) is 4.36. The molecule has 1 N–H and O–H groups in total. The number of fused-ring (bicyclic) bond motifs is 2. The summed E-state index contributed by atoms with van der Waals surface area (Å²) in [6, 6.07) is 9.61. The van der Waals surface area contributed by atoms with Crippen molar-refractivity contribution in [3.63, 3.8) is 0 Å². The molecular formula is C17H21NS. The quantitative estimate of drug-likeness (QED) is 0.860. The summed E-state index contributed by atoms with van der Waals surface area (Å²) < 4.78 is 1.49. The second kappa shape index (κ2) is 4.60. The van der Waals surface area contributed by atoms with E-state index in [0.717, 1.165) is 17.8 Å². The Morgan fingerprint density at radius 1 is 1.16 bits per heavy atom. The molecule has 1 aromatic heterocycles. The van der Waals surface area contributed by atoms with Crippen LogP contribution in [0.2, 0.25) is 0 Å². The van der Waals surface area contributed by atoms with Crippen molar-refractivity contribution < 1.29 is 0 Å². The monoisotopic (exact) mass is 271 g/mol. The first-order valence-corrected chi connectivity index (χ1v) is 8.41. The molecular weight excluding hydrogens is 250 g/mol. The molecule has 0 bridgehead atoms. The summed E-state index contributed by atoms with van der Waals surface area (Å²) in [4.78, 5) is 0. The maximum atomic E-state index is 3.63. The van der Waals surface area contributed by atoms with Crippen LogP contribution in [-0.2, 0) is 0 Å². The molecule has 2 aliphatic rings. The van der Waals surface area contributed by atoms with Gasteiger partial charge in [-0.3, -0.25) is 0 Å². The standard InChI is InChI=1S/C17H21NS/c1-18-16(15-12-6-2-3-7-13(12)15)14-8-4-5-11-9-10-19-17(11)14/h4-5,8-10,12-13,15-16,18H,2-3,6-7H2,1H3. The van der Waals surface area contributed by atoms with Gasteiger partial charge < -0.3 is 5.32 Å². The van der Waals surface area contributed by atoms with Crippen LogP contribution in [0.3, 0.4) is 0 Å². The first-order chi connectivity index (χ1) is 9.40. The van der Waals surface area contributed by atoms with Crippen molar-refractivity contribution in [3.8, 4) is 0 Å². The third-order valence-electron chi connectivity index (χ3n) is 5.26. The third-order valence-corrected chi connectivity index (χ3v) is 6.24. The first kappa shape index (κ1) is 11.9. The van der Waals surface area contributed by atoms with Gasteiger partial charge in [0.05, 0.1) is 0 Å². The summed E-state index contributed by atoms with van der Waals surface area (Å²) in [5.41, 5.74) is 1.54. The van der Waals surface area contributed by atoms with Crippen LogP contribution in [0.4, 0.5) is 0 Å². The molecule has 1 aromatic carbocycles.